The van der Waals surface area contributed by atoms with Crippen molar-refractivity contribution < 1.29 is 14.3 Å². The molecule has 0 unspecified atom stereocenters. The number of anilines is 1. The highest BCUT2D eigenvalue weighted by Crippen LogP contribution is 2.32. The van der Waals surface area contributed by atoms with Crippen molar-refractivity contribution in [2.75, 3.05) is 31.6 Å². The number of ether oxygens (including phenoxy) is 1. The van der Waals surface area contributed by atoms with Gasteiger partial charge in [-0.05, 0) is 49.3 Å². The van der Waals surface area contributed by atoms with E-state index in [1.54, 1.807) is 0 Å². The average molecular weight is 375 g/mol. The molecule has 150 valence electrons. The molecule has 1 heterocycles. The third-order valence-electron chi connectivity index (χ3n) is 5.13. The number of carbonyl (C=O) groups excluding carboxylic acids is 2. The van der Waals surface area contributed by atoms with Crippen molar-refractivity contribution in [2.24, 2.45) is 5.92 Å². The predicted molar refractivity (Wildman–Crippen MR) is 109 cm³/mol. The van der Waals surface area contributed by atoms with Gasteiger partial charge in [0.25, 0.3) is 0 Å². The molecule has 0 spiro atoms. The van der Waals surface area contributed by atoms with Crippen LogP contribution in [-0.2, 0) is 14.3 Å². The normalized spacial score (nSPS) is 18.0. The largest absolute Gasteiger partial charge is 0.466 e. The van der Waals surface area contributed by atoms with Crippen LogP contribution in [0.3, 0.4) is 0 Å². The molecular formula is C22H34N2O3. The maximum absolute atomic E-state index is 12.8. The first-order valence-electron chi connectivity index (χ1n) is 10.1. The van der Waals surface area contributed by atoms with Crippen LogP contribution in [0.25, 0.3) is 0 Å². The highest BCUT2D eigenvalue weighted by Gasteiger charge is 2.28. The van der Waals surface area contributed by atoms with Gasteiger partial charge in [-0.15, -0.1) is 0 Å². The van der Waals surface area contributed by atoms with Crippen molar-refractivity contribution in [1.29, 1.82) is 0 Å². The van der Waals surface area contributed by atoms with E-state index in [2.05, 4.69) is 56.1 Å². The molecule has 1 N–H and O–H groups in total. The first-order valence-corrected chi connectivity index (χ1v) is 10.1. The molecule has 0 radical (unpaired) electrons. The number of carbonyl (C=O) groups is 2. The molecule has 0 bridgehead atoms. The SMILES string of the molecule is CCOC(=O)[C@H]1CCCN(CC(=O)Nc2c(C(C)C)cccc2C(C)C)C1. The lowest BCUT2D eigenvalue weighted by Crippen LogP contribution is -2.43. The van der Waals surface area contributed by atoms with Gasteiger partial charge in [-0.1, -0.05) is 45.9 Å². The average Bonchev–Trinajstić information content (AvgIpc) is 2.61. The summed E-state index contributed by atoms with van der Waals surface area (Å²) in [5.41, 5.74) is 3.28. The second kappa shape index (κ2) is 9.88. The van der Waals surface area contributed by atoms with Gasteiger partial charge in [0.1, 0.15) is 0 Å². The molecule has 1 fully saturated rings. The van der Waals surface area contributed by atoms with Crippen molar-refractivity contribution >= 4 is 17.6 Å². The second-order valence-electron chi connectivity index (χ2n) is 8.00. The van der Waals surface area contributed by atoms with E-state index in [1.807, 2.05) is 6.92 Å². The van der Waals surface area contributed by atoms with Crippen molar-refractivity contribution in [1.82, 2.24) is 4.90 Å². The third-order valence-corrected chi connectivity index (χ3v) is 5.13. The van der Waals surface area contributed by atoms with Gasteiger partial charge < -0.3 is 10.1 Å². The molecule has 5 heteroatoms. The van der Waals surface area contributed by atoms with Crippen LogP contribution < -0.4 is 5.32 Å². The fourth-order valence-electron chi connectivity index (χ4n) is 3.73. The molecule has 1 aliphatic rings. The quantitative estimate of drug-likeness (QED) is 0.729. The van der Waals surface area contributed by atoms with Crippen molar-refractivity contribution in [3.05, 3.63) is 29.3 Å². The van der Waals surface area contributed by atoms with Crippen LogP contribution in [0.4, 0.5) is 5.69 Å². The van der Waals surface area contributed by atoms with Gasteiger partial charge in [-0.3, -0.25) is 14.5 Å². The Morgan fingerprint density at radius 3 is 2.37 bits per heavy atom. The lowest BCUT2D eigenvalue weighted by Gasteiger charge is -2.31. The van der Waals surface area contributed by atoms with E-state index in [-0.39, 0.29) is 17.8 Å². The van der Waals surface area contributed by atoms with Gasteiger partial charge in [-0.25, -0.2) is 0 Å². The minimum atomic E-state index is -0.144. The Kier molecular flexibility index (Phi) is 7.84. The van der Waals surface area contributed by atoms with E-state index in [0.29, 0.717) is 31.5 Å². The topological polar surface area (TPSA) is 58.6 Å². The monoisotopic (exact) mass is 374 g/mol. The van der Waals surface area contributed by atoms with Crippen LogP contribution >= 0.6 is 0 Å². The number of rotatable bonds is 7. The molecular weight excluding hydrogens is 340 g/mol. The minimum absolute atomic E-state index is 0.0190. The number of nitrogens with zero attached hydrogens (tertiary/aromatic N) is 1. The lowest BCUT2D eigenvalue weighted by molar-refractivity contribution is -0.150. The van der Waals surface area contributed by atoms with E-state index in [0.717, 1.165) is 36.2 Å². The summed E-state index contributed by atoms with van der Waals surface area (Å²) in [6.07, 6.45) is 1.75. The smallest absolute Gasteiger partial charge is 0.310 e. The molecule has 0 saturated carbocycles. The molecule has 0 aliphatic carbocycles. The molecule has 1 aliphatic heterocycles. The number of hydrogen-bond acceptors (Lipinski definition) is 4. The number of para-hydroxylation sites is 1. The first kappa shape index (κ1) is 21.4. The van der Waals surface area contributed by atoms with Crippen LogP contribution in [0.1, 0.15) is 70.4 Å². The summed E-state index contributed by atoms with van der Waals surface area (Å²) in [7, 11) is 0. The lowest BCUT2D eigenvalue weighted by atomic mass is 9.92. The predicted octanol–water partition coefficient (Wildman–Crippen LogP) is 4.15. The number of nitrogens with one attached hydrogen (secondary N) is 1. The molecule has 1 aromatic carbocycles. The highest BCUT2D eigenvalue weighted by molar-refractivity contribution is 5.94. The van der Waals surface area contributed by atoms with Crippen LogP contribution in [0.5, 0.6) is 0 Å². The van der Waals surface area contributed by atoms with Crippen molar-refractivity contribution in [2.45, 2.75) is 59.3 Å². The van der Waals surface area contributed by atoms with E-state index in [1.165, 1.54) is 0 Å². The summed E-state index contributed by atoms with van der Waals surface area (Å²) >= 11 is 0. The molecule has 1 atom stereocenters. The van der Waals surface area contributed by atoms with Crippen LogP contribution in [0.15, 0.2) is 18.2 Å². The Morgan fingerprint density at radius 2 is 1.81 bits per heavy atom. The third kappa shape index (κ3) is 5.80. The first-order chi connectivity index (χ1) is 12.8. The van der Waals surface area contributed by atoms with Gasteiger partial charge in [0, 0.05) is 12.2 Å². The zero-order chi connectivity index (χ0) is 20.0. The van der Waals surface area contributed by atoms with Gasteiger partial charge in [0.15, 0.2) is 0 Å². The van der Waals surface area contributed by atoms with E-state index in [4.69, 9.17) is 4.74 Å². The van der Waals surface area contributed by atoms with E-state index < -0.39 is 0 Å². The zero-order valence-corrected chi connectivity index (χ0v) is 17.4. The summed E-state index contributed by atoms with van der Waals surface area (Å²) in [4.78, 5) is 26.8. The molecule has 0 aromatic heterocycles. The van der Waals surface area contributed by atoms with Crippen molar-refractivity contribution in [3.63, 3.8) is 0 Å². The number of likely N-dealkylation sites (tertiary alicyclic amines) is 1. The summed E-state index contributed by atoms with van der Waals surface area (Å²) in [6.45, 7) is 12.5. The molecule has 1 amide bonds. The minimum Gasteiger partial charge on any atom is -0.466 e. The number of benzene rings is 1. The Bertz CT molecular complexity index is 629. The van der Waals surface area contributed by atoms with Gasteiger partial charge in [0.2, 0.25) is 5.91 Å². The Morgan fingerprint density at radius 1 is 1.19 bits per heavy atom. The van der Waals surface area contributed by atoms with Gasteiger partial charge in [0.05, 0.1) is 19.1 Å². The van der Waals surface area contributed by atoms with Crippen LogP contribution in [0, 0.1) is 5.92 Å². The molecule has 5 nitrogen and oxygen atoms in total. The van der Waals surface area contributed by atoms with Gasteiger partial charge in [-0.2, -0.15) is 0 Å². The number of piperidine rings is 1. The summed E-state index contributed by atoms with van der Waals surface area (Å²) in [6, 6.07) is 6.24. The molecule has 2 rings (SSSR count). The molecule has 1 saturated heterocycles. The summed E-state index contributed by atoms with van der Waals surface area (Å²) in [5, 5.41) is 3.16. The Labute approximate surface area is 163 Å². The molecule has 1 aromatic rings. The zero-order valence-electron chi connectivity index (χ0n) is 17.4. The number of hydrogen-bond donors (Lipinski definition) is 1. The Hall–Kier alpha value is -1.88. The van der Waals surface area contributed by atoms with Crippen molar-refractivity contribution in [3.8, 4) is 0 Å². The fraction of sp³-hybridized carbons (Fsp3) is 0.636. The number of amides is 1. The summed E-state index contributed by atoms with van der Waals surface area (Å²) < 4.78 is 5.15. The second-order valence-corrected chi connectivity index (χ2v) is 8.00. The standard InChI is InChI=1S/C22H34N2O3/c1-6-27-22(26)17-9-8-12-24(13-17)14-20(25)23-21-18(15(2)3)10-7-11-19(21)16(4)5/h7,10-11,15-17H,6,8-9,12-14H2,1-5H3,(H,23,25)/t17-/m0/s1. The molecule has 27 heavy (non-hydrogen) atoms. The van der Waals surface area contributed by atoms with Crippen LogP contribution in [-0.4, -0.2) is 43.0 Å². The van der Waals surface area contributed by atoms with E-state index in [9.17, 15) is 9.59 Å². The Balaban J connectivity index is 2.06. The van der Waals surface area contributed by atoms with Crippen LogP contribution in [0.2, 0.25) is 0 Å². The fourth-order valence-corrected chi connectivity index (χ4v) is 3.73. The maximum Gasteiger partial charge on any atom is 0.310 e. The van der Waals surface area contributed by atoms with E-state index >= 15 is 0 Å². The van der Waals surface area contributed by atoms with Gasteiger partial charge >= 0.3 is 5.97 Å². The number of esters is 1. The maximum atomic E-state index is 12.8. The highest BCUT2D eigenvalue weighted by atomic mass is 16.5. The summed E-state index contributed by atoms with van der Waals surface area (Å²) in [5.74, 6) is 0.384.